The SMILES string of the molecule is Cc1cccc(NC(=O)c2sc(NC(=O)Nc3ccc(F)cc3)nc2C)c1. The molecule has 0 radical (unpaired) electrons. The second-order valence-corrected chi connectivity index (χ2v) is 6.84. The second kappa shape index (κ2) is 7.96. The van der Waals surface area contributed by atoms with Gasteiger partial charge in [0.2, 0.25) is 0 Å². The molecule has 0 aliphatic heterocycles. The van der Waals surface area contributed by atoms with Crippen LogP contribution in [0.5, 0.6) is 0 Å². The molecule has 0 bridgehead atoms. The van der Waals surface area contributed by atoms with Crippen LogP contribution in [0, 0.1) is 19.7 Å². The number of carbonyl (C=O) groups excluding carboxylic acids is 2. The molecule has 6 nitrogen and oxygen atoms in total. The third kappa shape index (κ3) is 4.89. The zero-order valence-corrected chi connectivity index (χ0v) is 15.5. The van der Waals surface area contributed by atoms with Crippen molar-refractivity contribution in [3.63, 3.8) is 0 Å². The molecule has 1 aromatic heterocycles. The molecule has 2 aromatic carbocycles. The van der Waals surface area contributed by atoms with Gasteiger partial charge in [-0.3, -0.25) is 10.1 Å². The van der Waals surface area contributed by atoms with E-state index in [1.165, 1.54) is 24.3 Å². The maximum Gasteiger partial charge on any atom is 0.325 e. The molecule has 3 amide bonds. The maximum absolute atomic E-state index is 12.9. The van der Waals surface area contributed by atoms with Crippen LogP contribution in [0.3, 0.4) is 0 Å². The first kappa shape index (κ1) is 18.5. The molecule has 0 spiro atoms. The summed E-state index contributed by atoms with van der Waals surface area (Å²) in [5, 5.41) is 8.26. The highest BCUT2D eigenvalue weighted by molar-refractivity contribution is 7.17. The summed E-state index contributed by atoms with van der Waals surface area (Å²) < 4.78 is 12.9. The van der Waals surface area contributed by atoms with Crippen LogP contribution in [0.4, 0.5) is 25.7 Å². The molecule has 0 saturated carbocycles. The van der Waals surface area contributed by atoms with E-state index in [0.717, 1.165) is 16.9 Å². The van der Waals surface area contributed by atoms with Crippen LogP contribution in [0.2, 0.25) is 0 Å². The van der Waals surface area contributed by atoms with Gasteiger partial charge in [-0.1, -0.05) is 23.5 Å². The number of urea groups is 1. The Morgan fingerprint density at radius 1 is 0.963 bits per heavy atom. The summed E-state index contributed by atoms with van der Waals surface area (Å²) in [4.78, 5) is 29.1. The zero-order chi connectivity index (χ0) is 19.4. The molecule has 3 aromatic rings. The Morgan fingerprint density at radius 3 is 2.41 bits per heavy atom. The topological polar surface area (TPSA) is 83.1 Å². The van der Waals surface area contributed by atoms with E-state index < -0.39 is 6.03 Å². The van der Waals surface area contributed by atoms with Crippen LogP contribution >= 0.6 is 11.3 Å². The molecule has 3 rings (SSSR count). The molecule has 138 valence electrons. The van der Waals surface area contributed by atoms with Crippen LogP contribution in [0.1, 0.15) is 20.9 Å². The summed E-state index contributed by atoms with van der Waals surface area (Å²) in [5.74, 6) is -0.677. The number of nitrogens with zero attached hydrogens (tertiary/aromatic N) is 1. The number of aromatic nitrogens is 1. The summed E-state index contributed by atoms with van der Waals surface area (Å²) in [6, 6.07) is 12.3. The largest absolute Gasteiger partial charge is 0.325 e. The fourth-order valence-corrected chi connectivity index (χ4v) is 3.22. The minimum atomic E-state index is -0.527. The first-order valence-corrected chi connectivity index (χ1v) is 8.91. The van der Waals surface area contributed by atoms with Gasteiger partial charge in [0.25, 0.3) is 5.91 Å². The predicted molar refractivity (Wildman–Crippen MR) is 105 cm³/mol. The Labute approximate surface area is 159 Å². The highest BCUT2D eigenvalue weighted by atomic mass is 32.1. The second-order valence-electron chi connectivity index (χ2n) is 5.84. The van der Waals surface area contributed by atoms with Crippen molar-refractivity contribution in [1.29, 1.82) is 0 Å². The van der Waals surface area contributed by atoms with Gasteiger partial charge in [0, 0.05) is 11.4 Å². The highest BCUT2D eigenvalue weighted by Gasteiger charge is 2.17. The summed E-state index contributed by atoms with van der Waals surface area (Å²) in [7, 11) is 0. The third-order valence-electron chi connectivity index (χ3n) is 3.60. The Morgan fingerprint density at radius 2 is 1.70 bits per heavy atom. The summed E-state index contributed by atoms with van der Waals surface area (Å²) >= 11 is 1.08. The molecule has 8 heteroatoms. The van der Waals surface area contributed by atoms with E-state index in [0.29, 0.717) is 27.1 Å². The van der Waals surface area contributed by atoms with Crippen molar-refractivity contribution < 1.29 is 14.0 Å². The van der Waals surface area contributed by atoms with Gasteiger partial charge in [0.15, 0.2) is 5.13 Å². The van der Waals surface area contributed by atoms with E-state index in [1.54, 1.807) is 13.0 Å². The van der Waals surface area contributed by atoms with E-state index in [4.69, 9.17) is 0 Å². The van der Waals surface area contributed by atoms with Gasteiger partial charge in [0.05, 0.1) is 5.69 Å². The van der Waals surface area contributed by atoms with Gasteiger partial charge >= 0.3 is 6.03 Å². The van der Waals surface area contributed by atoms with Crippen LogP contribution in [-0.4, -0.2) is 16.9 Å². The first-order valence-electron chi connectivity index (χ1n) is 8.10. The van der Waals surface area contributed by atoms with Crippen molar-refractivity contribution in [1.82, 2.24) is 4.98 Å². The van der Waals surface area contributed by atoms with E-state index in [9.17, 15) is 14.0 Å². The molecule has 0 fully saturated rings. The fraction of sp³-hybridized carbons (Fsp3) is 0.105. The number of nitrogens with one attached hydrogen (secondary N) is 3. The van der Waals surface area contributed by atoms with Gasteiger partial charge < -0.3 is 10.6 Å². The van der Waals surface area contributed by atoms with Crippen molar-refractivity contribution >= 4 is 39.8 Å². The van der Waals surface area contributed by atoms with Crippen molar-refractivity contribution in [3.8, 4) is 0 Å². The molecular formula is C19H17FN4O2S. The zero-order valence-electron chi connectivity index (χ0n) is 14.7. The van der Waals surface area contributed by atoms with Crippen molar-refractivity contribution in [2.45, 2.75) is 13.8 Å². The summed E-state index contributed by atoms with van der Waals surface area (Å²) in [6.07, 6.45) is 0. The van der Waals surface area contributed by atoms with Crippen LogP contribution in [0.25, 0.3) is 0 Å². The minimum Gasteiger partial charge on any atom is -0.321 e. The number of hydrogen-bond donors (Lipinski definition) is 3. The van der Waals surface area contributed by atoms with Gasteiger partial charge in [-0.15, -0.1) is 0 Å². The quantitative estimate of drug-likeness (QED) is 0.604. The van der Waals surface area contributed by atoms with Gasteiger partial charge in [-0.05, 0) is 55.8 Å². The van der Waals surface area contributed by atoms with E-state index in [1.807, 2.05) is 25.1 Å². The molecule has 27 heavy (non-hydrogen) atoms. The molecule has 0 aliphatic rings. The first-order chi connectivity index (χ1) is 12.9. The molecule has 0 atom stereocenters. The van der Waals surface area contributed by atoms with Crippen LogP contribution in [0.15, 0.2) is 48.5 Å². The lowest BCUT2D eigenvalue weighted by Gasteiger charge is -2.05. The highest BCUT2D eigenvalue weighted by Crippen LogP contribution is 2.24. The number of thiazole rings is 1. The van der Waals surface area contributed by atoms with E-state index in [2.05, 4.69) is 20.9 Å². The number of anilines is 3. The summed E-state index contributed by atoms with van der Waals surface area (Å²) in [6.45, 7) is 3.64. The predicted octanol–water partition coefficient (Wildman–Crippen LogP) is 4.80. The fourth-order valence-electron chi connectivity index (χ4n) is 2.36. The number of benzene rings is 2. The molecule has 3 N–H and O–H groups in total. The van der Waals surface area contributed by atoms with Crippen molar-refractivity contribution in [3.05, 3.63) is 70.5 Å². The number of aryl methyl sites for hydroxylation is 2. The lowest BCUT2D eigenvalue weighted by atomic mass is 10.2. The van der Waals surface area contributed by atoms with Gasteiger partial charge in [-0.25, -0.2) is 14.2 Å². The monoisotopic (exact) mass is 384 g/mol. The number of halogens is 1. The number of amides is 3. The van der Waals surface area contributed by atoms with Crippen molar-refractivity contribution in [2.24, 2.45) is 0 Å². The van der Waals surface area contributed by atoms with Crippen LogP contribution in [-0.2, 0) is 0 Å². The molecular weight excluding hydrogens is 367 g/mol. The lowest BCUT2D eigenvalue weighted by Crippen LogP contribution is -2.19. The molecule has 1 heterocycles. The normalized spacial score (nSPS) is 10.3. The Kier molecular flexibility index (Phi) is 5.46. The van der Waals surface area contributed by atoms with Gasteiger partial charge in [-0.2, -0.15) is 0 Å². The van der Waals surface area contributed by atoms with Gasteiger partial charge in [0.1, 0.15) is 10.7 Å². The summed E-state index contributed by atoms with van der Waals surface area (Å²) in [5.41, 5.74) is 2.69. The minimum absolute atomic E-state index is 0.289. The average molecular weight is 384 g/mol. The maximum atomic E-state index is 12.9. The number of rotatable bonds is 4. The van der Waals surface area contributed by atoms with E-state index >= 15 is 0 Å². The Balaban J connectivity index is 1.65. The number of hydrogen-bond acceptors (Lipinski definition) is 4. The molecule has 0 unspecified atom stereocenters. The van der Waals surface area contributed by atoms with Crippen molar-refractivity contribution in [2.75, 3.05) is 16.0 Å². The molecule has 0 aliphatic carbocycles. The van der Waals surface area contributed by atoms with Crippen LogP contribution < -0.4 is 16.0 Å². The Bertz CT molecular complexity index is 986. The van der Waals surface area contributed by atoms with E-state index in [-0.39, 0.29) is 11.7 Å². The molecule has 0 saturated heterocycles. The standard InChI is InChI=1S/C19H17FN4O2S/c1-11-4-3-5-15(10-11)22-17(25)16-12(2)21-19(27-16)24-18(26)23-14-8-6-13(20)7-9-14/h3-10H,1-2H3,(H,22,25)(H2,21,23,24,26). The average Bonchev–Trinajstić information content (AvgIpc) is 2.97. The number of carbonyl (C=O) groups is 2. The Hall–Kier alpha value is -3.26. The third-order valence-corrected chi connectivity index (χ3v) is 4.67. The smallest absolute Gasteiger partial charge is 0.321 e. The lowest BCUT2D eigenvalue weighted by molar-refractivity contribution is 0.103.